The summed E-state index contributed by atoms with van der Waals surface area (Å²) in [4.78, 5) is 24.3. The summed E-state index contributed by atoms with van der Waals surface area (Å²) in [6.07, 6.45) is 4.12. The molecule has 1 saturated heterocycles. The molecular formula is C17H21NO4. The van der Waals surface area contributed by atoms with E-state index in [1.54, 1.807) is 24.3 Å². The molecule has 1 aromatic rings. The van der Waals surface area contributed by atoms with Crippen LogP contribution >= 0.6 is 0 Å². The van der Waals surface area contributed by atoms with E-state index in [1.807, 2.05) is 0 Å². The lowest BCUT2D eigenvalue weighted by Gasteiger charge is -2.52. The molecule has 0 radical (unpaired) electrons. The molecule has 3 rings (SSSR count). The quantitative estimate of drug-likeness (QED) is 0.869. The van der Waals surface area contributed by atoms with Crippen molar-refractivity contribution in [1.82, 2.24) is 5.32 Å². The highest BCUT2D eigenvalue weighted by molar-refractivity contribution is 6.05. The number of ether oxygens (including phenoxy) is 2. The summed E-state index contributed by atoms with van der Waals surface area (Å²) in [7, 11) is 1.32. The van der Waals surface area contributed by atoms with Crippen LogP contribution in [-0.4, -0.2) is 38.2 Å². The molecule has 118 valence electrons. The van der Waals surface area contributed by atoms with Gasteiger partial charge in [-0.3, -0.25) is 4.79 Å². The maximum absolute atomic E-state index is 12.6. The van der Waals surface area contributed by atoms with E-state index in [2.05, 4.69) is 5.32 Å². The molecule has 0 aromatic heterocycles. The molecule has 1 unspecified atom stereocenters. The molecule has 1 aliphatic carbocycles. The van der Waals surface area contributed by atoms with Gasteiger partial charge in [-0.1, -0.05) is 12.1 Å². The van der Waals surface area contributed by atoms with E-state index in [-0.39, 0.29) is 17.4 Å². The number of hydrogen-bond donors (Lipinski definition) is 1. The van der Waals surface area contributed by atoms with Crippen LogP contribution in [0.25, 0.3) is 0 Å². The first kappa shape index (κ1) is 15.0. The van der Waals surface area contributed by atoms with Gasteiger partial charge in [-0.15, -0.1) is 0 Å². The highest BCUT2D eigenvalue weighted by Gasteiger charge is 2.48. The van der Waals surface area contributed by atoms with Crippen LogP contribution in [0.4, 0.5) is 0 Å². The number of carbonyl (C=O) groups is 2. The van der Waals surface area contributed by atoms with Gasteiger partial charge < -0.3 is 14.8 Å². The molecule has 1 spiro atoms. The molecule has 1 heterocycles. The number of methoxy groups -OCH3 is 1. The summed E-state index contributed by atoms with van der Waals surface area (Å²) < 4.78 is 10.2. The van der Waals surface area contributed by atoms with Crippen LogP contribution in [0.2, 0.25) is 0 Å². The number of amides is 1. The molecule has 5 nitrogen and oxygen atoms in total. The number of esters is 1. The summed E-state index contributed by atoms with van der Waals surface area (Å²) in [5.41, 5.74) is 0.875. The second-order valence-electron chi connectivity index (χ2n) is 6.08. The predicted molar refractivity (Wildman–Crippen MR) is 80.8 cm³/mol. The van der Waals surface area contributed by atoms with E-state index in [0.29, 0.717) is 11.1 Å². The van der Waals surface area contributed by atoms with Gasteiger partial charge >= 0.3 is 5.97 Å². The highest BCUT2D eigenvalue weighted by atomic mass is 16.5. The molecular weight excluding hydrogens is 282 g/mol. The molecule has 2 fully saturated rings. The van der Waals surface area contributed by atoms with Crippen LogP contribution in [0.1, 0.15) is 46.4 Å². The average Bonchev–Trinajstić information content (AvgIpc) is 2.58. The Kier molecular flexibility index (Phi) is 4.16. The fourth-order valence-electron chi connectivity index (χ4n) is 3.50. The molecule has 22 heavy (non-hydrogen) atoms. The molecule has 1 saturated carbocycles. The van der Waals surface area contributed by atoms with Gasteiger partial charge in [0.1, 0.15) is 0 Å². The topological polar surface area (TPSA) is 64.6 Å². The lowest BCUT2D eigenvalue weighted by Crippen LogP contribution is -2.57. The Morgan fingerprint density at radius 1 is 1.18 bits per heavy atom. The predicted octanol–water partition coefficient (Wildman–Crippen LogP) is 2.16. The normalized spacial score (nSPS) is 22.7. The van der Waals surface area contributed by atoms with Crippen LogP contribution in [0.3, 0.4) is 0 Å². The second kappa shape index (κ2) is 6.08. The van der Waals surface area contributed by atoms with E-state index in [4.69, 9.17) is 9.47 Å². The molecule has 5 heteroatoms. The Morgan fingerprint density at radius 3 is 2.45 bits per heavy atom. The zero-order valence-corrected chi connectivity index (χ0v) is 12.8. The first-order valence-electron chi connectivity index (χ1n) is 7.72. The van der Waals surface area contributed by atoms with Crippen molar-refractivity contribution in [2.45, 2.75) is 31.7 Å². The van der Waals surface area contributed by atoms with E-state index < -0.39 is 5.97 Å². The van der Waals surface area contributed by atoms with Gasteiger partial charge in [0.05, 0.1) is 18.2 Å². The van der Waals surface area contributed by atoms with Gasteiger partial charge in [-0.25, -0.2) is 4.79 Å². The monoisotopic (exact) mass is 303 g/mol. The maximum Gasteiger partial charge on any atom is 0.338 e. The minimum atomic E-state index is -0.486. The van der Waals surface area contributed by atoms with E-state index >= 15 is 0 Å². The summed E-state index contributed by atoms with van der Waals surface area (Å²) in [5.74, 6) is -0.684. The minimum absolute atomic E-state index is 0.176. The molecule has 1 amide bonds. The van der Waals surface area contributed by atoms with Crippen molar-refractivity contribution in [3.8, 4) is 0 Å². The van der Waals surface area contributed by atoms with Crippen LogP contribution in [0.15, 0.2) is 24.3 Å². The third-order valence-corrected chi connectivity index (χ3v) is 5.04. The van der Waals surface area contributed by atoms with Crippen LogP contribution in [-0.2, 0) is 9.47 Å². The molecule has 2 aliphatic rings. The van der Waals surface area contributed by atoms with Gasteiger partial charge in [-0.2, -0.15) is 0 Å². The van der Waals surface area contributed by atoms with Crippen molar-refractivity contribution in [3.05, 3.63) is 35.4 Å². The van der Waals surface area contributed by atoms with Crippen molar-refractivity contribution >= 4 is 11.9 Å². The number of benzene rings is 1. The Labute approximate surface area is 130 Å². The van der Waals surface area contributed by atoms with Crippen LogP contribution in [0.5, 0.6) is 0 Å². The number of nitrogens with one attached hydrogen (secondary N) is 1. The van der Waals surface area contributed by atoms with Crippen LogP contribution < -0.4 is 5.32 Å². The summed E-state index contributed by atoms with van der Waals surface area (Å²) in [6.45, 7) is 1.54. The largest absolute Gasteiger partial charge is 0.465 e. The highest BCUT2D eigenvalue weighted by Crippen LogP contribution is 2.48. The van der Waals surface area contributed by atoms with Crippen molar-refractivity contribution in [1.29, 1.82) is 0 Å². The van der Waals surface area contributed by atoms with E-state index in [1.165, 1.54) is 7.11 Å². The number of rotatable bonds is 3. The van der Waals surface area contributed by atoms with Crippen molar-refractivity contribution in [3.63, 3.8) is 0 Å². The number of carbonyl (C=O) groups excluding carboxylic acids is 2. The molecule has 0 bridgehead atoms. The fourth-order valence-corrected chi connectivity index (χ4v) is 3.50. The van der Waals surface area contributed by atoms with Crippen molar-refractivity contribution in [2.75, 3.05) is 20.3 Å². The third-order valence-electron chi connectivity index (χ3n) is 5.04. The fraction of sp³-hybridized carbons (Fsp3) is 0.529. The van der Waals surface area contributed by atoms with Gasteiger partial charge in [0.2, 0.25) is 0 Å². The van der Waals surface area contributed by atoms with E-state index in [9.17, 15) is 9.59 Å². The Bertz CT molecular complexity index is 578. The van der Waals surface area contributed by atoms with Gasteiger partial charge in [0.15, 0.2) is 0 Å². The molecule has 1 N–H and O–H groups in total. The lowest BCUT2D eigenvalue weighted by atomic mass is 9.60. The Morgan fingerprint density at radius 2 is 1.86 bits per heavy atom. The summed E-state index contributed by atoms with van der Waals surface area (Å²) in [5, 5.41) is 3.11. The first-order valence-corrected chi connectivity index (χ1v) is 7.72. The summed E-state index contributed by atoms with van der Waals surface area (Å²) >= 11 is 0. The SMILES string of the molecule is COC(=O)c1ccccc1C(=O)NC1CCC12CCOCC2. The van der Waals surface area contributed by atoms with Crippen molar-refractivity contribution in [2.24, 2.45) is 5.41 Å². The summed E-state index contributed by atoms with van der Waals surface area (Å²) in [6, 6.07) is 6.94. The first-order chi connectivity index (χ1) is 10.7. The average molecular weight is 303 g/mol. The molecule has 1 atom stereocenters. The third kappa shape index (κ3) is 2.61. The lowest BCUT2D eigenvalue weighted by molar-refractivity contribution is -0.0523. The van der Waals surface area contributed by atoms with E-state index in [0.717, 1.165) is 38.9 Å². The molecule has 1 aromatic carbocycles. The van der Waals surface area contributed by atoms with Gasteiger partial charge in [0, 0.05) is 19.3 Å². The minimum Gasteiger partial charge on any atom is -0.465 e. The standard InChI is InChI=1S/C17H21NO4/c1-21-16(20)13-5-3-2-4-12(13)15(19)18-14-6-7-17(14)8-10-22-11-9-17/h2-5,14H,6-11H2,1H3,(H,18,19). The Hall–Kier alpha value is -1.88. The zero-order chi connectivity index (χ0) is 15.6. The van der Waals surface area contributed by atoms with Crippen molar-refractivity contribution < 1.29 is 19.1 Å². The Balaban J connectivity index is 1.74. The van der Waals surface area contributed by atoms with Crippen LogP contribution in [0, 0.1) is 5.41 Å². The molecule has 1 aliphatic heterocycles. The maximum atomic E-state index is 12.6. The zero-order valence-electron chi connectivity index (χ0n) is 12.8. The second-order valence-corrected chi connectivity index (χ2v) is 6.08. The number of hydrogen-bond acceptors (Lipinski definition) is 4. The van der Waals surface area contributed by atoms with Gasteiger partial charge in [0.25, 0.3) is 5.91 Å². The smallest absolute Gasteiger partial charge is 0.338 e. The van der Waals surface area contributed by atoms with Gasteiger partial charge in [-0.05, 0) is 43.2 Å².